The van der Waals surface area contributed by atoms with Gasteiger partial charge < -0.3 is 25.2 Å². The van der Waals surface area contributed by atoms with Crippen LogP contribution in [0.2, 0.25) is 0 Å². The van der Waals surface area contributed by atoms with E-state index in [4.69, 9.17) is 0 Å². The lowest BCUT2D eigenvalue weighted by Gasteiger charge is -2.36. The van der Waals surface area contributed by atoms with Crippen LogP contribution in [-0.2, 0) is 15.9 Å². The Balaban J connectivity index is 1.38. The Bertz CT molecular complexity index is 1530. The van der Waals surface area contributed by atoms with Crippen LogP contribution >= 0.6 is 0 Å². The molecule has 0 aromatic heterocycles. The molecule has 3 aromatic carbocycles. The maximum Gasteiger partial charge on any atom is 0.586 e. The summed E-state index contributed by atoms with van der Waals surface area (Å²) < 4.78 is 36.1. The van der Waals surface area contributed by atoms with Gasteiger partial charge in [0.25, 0.3) is 0 Å². The van der Waals surface area contributed by atoms with Crippen molar-refractivity contribution in [3.05, 3.63) is 93.9 Å². The number of ether oxygens (including phenoxy) is 2. The van der Waals surface area contributed by atoms with E-state index >= 15 is 0 Å². The van der Waals surface area contributed by atoms with E-state index in [2.05, 4.69) is 20.1 Å². The monoisotopic (exact) mass is 490 g/mol. The van der Waals surface area contributed by atoms with Gasteiger partial charge in [-0.25, -0.2) is 4.79 Å². The lowest BCUT2D eigenvalue weighted by atomic mass is 9.90. The number of hydrogen-bond acceptors (Lipinski definition) is 5. The minimum absolute atomic E-state index is 0.0802. The number of halogens is 2. The molecule has 182 valence electrons. The number of carboxylic acid groups (broad SMARTS) is 1. The molecule has 6 rings (SSSR count). The Labute approximate surface area is 203 Å². The fraction of sp³-hybridized carbons (Fsp3) is 0.185. The zero-order chi connectivity index (χ0) is 25.1. The minimum atomic E-state index is -3.74. The average molecular weight is 490 g/mol. The second-order valence-corrected chi connectivity index (χ2v) is 9.12. The summed E-state index contributed by atoms with van der Waals surface area (Å²) in [5, 5.41) is 17.5. The quantitative estimate of drug-likeness (QED) is 0.509. The van der Waals surface area contributed by atoms with Gasteiger partial charge in [-0.1, -0.05) is 42.5 Å². The number of carbonyl (C=O) groups is 2. The van der Waals surface area contributed by atoms with Crippen LogP contribution in [0.25, 0.3) is 12.3 Å². The second-order valence-electron chi connectivity index (χ2n) is 9.12. The number of alkyl halides is 2. The van der Waals surface area contributed by atoms with E-state index in [9.17, 15) is 23.5 Å². The van der Waals surface area contributed by atoms with Crippen molar-refractivity contribution < 1.29 is 33.0 Å². The normalized spacial score (nSPS) is 21.7. The predicted octanol–water partition coefficient (Wildman–Crippen LogP) is 2.53. The fourth-order valence-electron chi connectivity index (χ4n) is 4.74. The maximum absolute atomic E-state index is 13.8. The number of amides is 1. The van der Waals surface area contributed by atoms with Crippen molar-refractivity contribution >= 4 is 24.2 Å². The van der Waals surface area contributed by atoms with Gasteiger partial charge in [-0.05, 0) is 59.2 Å². The summed E-state index contributed by atoms with van der Waals surface area (Å²) in [4.78, 5) is 25.2. The Morgan fingerprint density at radius 2 is 1.56 bits per heavy atom. The van der Waals surface area contributed by atoms with E-state index in [1.807, 2.05) is 30.3 Å². The van der Waals surface area contributed by atoms with Crippen LogP contribution in [0.15, 0.2) is 66.7 Å². The highest BCUT2D eigenvalue weighted by atomic mass is 19.3. The standard InChI is InChI=1S/C27H20F2N2O5/c28-27(29)35-21-10-9-20(13-22(21)36-27)25(11-12-25)24(34)31-26(19-7-5-16(6-8-19)23(32)33)14-17-3-1-2-4-18(17)15-30-26/h1-10,13-15,30H,11-12H2,(H,31,34)(H,32,33). The van der Waals surface area contributed by atoms with Gasteiger partial charge in [0, 0.05) is 11.8 Å². The van der Waals surface area contributed by atoms with Gasteiger partial charge in [0.1, 0.15) is 0 Å². The highest BCUT2D eigenvalue weighted by Crippen LogP contribution is 2.52. The van der Waals surface area contributed by atoms with E-state index in [1.54, 1.807) is 24.4 Å². The van der Waals surface area contributed by atoms with Gasteiger partial charge in [0.05, 0.1) is 11.0 Å². The Morgan fingerprint density at radius 3 is 2.25 bits per heavy atom. The van der Waals surface area contributed by atoms with Gasteiger partial charge in [0.2, 0.25) is 5.91 Å². The summed E-state index contributed by atoms with van der Waals surface area (Å²) in [5.74, 6) is -1.54. The van der Waals surface area contributed by atoms with Crippen LogP contribution < -0.4 is 30.5 Å². The van der Waals surface area contributed by atoms with Crippen LogP contribution in [0.4, 0.5) is 8.78 Å². The molecule has 2 aliphatic heterocycles. The SMILES string of the molecule is O=C(O)c1ccc(C2(NC(=O)C3(c4ccc5c(c4)OC(F)(F)O5)CC3)C=c3ccccc3=CN2)cc1. The number of aromatic carboxylic acids is 1. The first-order valence-corrected chi connectivity index (χ1v) is 11.3. The van der Waals surface area contributed by atoms with E-state index in [0.717, 1.165) is 10.4 Å². The fourth-order valence-corrected chi connectivity index (χ4v) is 4.74. The topological polar surface area (TPSA) is 96.9 Å². The smallest absolute Gasteiger partial charge is 0.478 e. The molecule has 2 heterocycles. The van der Waals surface area contributed by atoms with E-state index in [1.165, 1.54) is 24.3 Å². The molecule has 1 atom stereocenters. The van der Waals surface area contributed by atoms with Crippen LogP contribution in [0.5, 0.6) is 11.5 Å². The summed E-state index contributed by atoms with van der Waals surface area (Å²) in [7, 11) is 0. The molecule has 36 heavy (non-hydrogen) atoms. The molecular formula is C27H20F2N2O5. The van der Waals surface area contributed by atoms with Gasteiger partial charge in [-0.3, -0.25) is 4.79 Å². The number of benzene rings is 3. The van der Waals surface area contributed by atoms with Crippen molar-refractivity contribution in [2.24, 2.45) is 0 Å². The van der Waals surface area contributed by atoms with Crippen molar-refractivity contribution in [1.82, 2.24) is 10.6 Å². The number of carboxylic acids is 1. The number of carbonyl (C=O) groups excluding carboxylic acids is 1. The average Bonchev–Trinajstić information content (AvgIpc) is 3.61. The third-order valence-corrected chi connectivity index (χ3v) is 6.86. The molecule has 0 radical (unpaired) electrons. The lowest BCUT2D eigenvalue weighted by Crippen LogP contribution is -2.59. The molecule has 0 bridgehead atoms. The molecule has 1 saturated carbocycles. The molecule has 9 heteroatoms. The number of nitrogens with one attached hydrogen (secondary N) is 2. The maximum atomic E-state index is 13.8. The zero-order valence-corrected chi connectivity index (χ0v) is 18.8. The second kappa shape index (κ2) is 7.55. The summed E-state index contributed by atoms with van der Waals surface area (Å²) in [6, 6.07) is 18.3. The summed E-state index contributed by atoms with van der Waals surface area (Å²) >= 11 is 0. The molecule has 7 nitrogen and oxygen atoms in total. The van der Waals surface area contributed by atoms with Crippen molar-refractivity contribution in [2.75, 3.05) is 0 Å². The summed E-state index contributed by atoms with van der Waals surface area (Å²) in [5.41, 5.74) is -0.779. The van der Waals surface area contributed by atoms with Gasteiger partial charge >= 0.3 is 12.3 Å². The minimum Gasteiger partial charge on any atom is -0.478 e. The molecule has 3 N–H and O–H groups in total. The molecule has 1 amide bonds. The van der Waals surface area contributed by atoms with Crippen molar-refractivity contribution in [1.29, 1.82) is 0 Å². The molecule has 0 spiro atoms. The van der Waals surface area contributed by atoms with Crippen LogP contribution in [0, 0.1) is 0 Å². The Hall–Kier alpha value is -4.40. The van der Waals surface area contributed by atoms with E-state index in [-0.39, 0.29) is 23.0 Å². The molecule has 3 aromatic rings. The van der Waals surface area contributed by atoms with Gasteiger partial charge in [-0.2, -0.15) is 0 Å². The van der Waals surface area contributed by atoms with Gasteiger partial charge in [0.15, 0.2) is 17.2 Å². The third kappa shape index (κ3) is 3.55. The molecule has 1 fully saturated rings. The number of hydrogen-bond donors (Lipinski definition) is 3. The first-order chi connectivity index (χ1) is 17.2. The highest BCUT2D eigenvalue weighted by Gasteiger charge is 2.54. The number of rotatable bonds is 5. The first-order valence-electron chi connectivity index (χ1n) is 11.3. The lowest BCUT2D eigenvalue weighted by molar-refractivity contribution is -0.286. The van der Waals surface area contributed by atoms with Crippen LogP contribution in [0.1, 0.15) is 34.3 Å². The summed E-state index contributed by atoms with van der Waals surface area (Å²) in [6.45, 7) is 0. The predicted molar refractivity (Wildman–Crippen MR) is 125 cm³/mol. The highest BCUT2D eigenvalue weighted by molar-refractivity contribution is 5.93. The molecule has 3 aliphatic rings. The molecule has 1 unspecified atom stereocenters. The Morgan fingerprint density at radius 1 is 0.889 bits per heavy atom. The van der Waals surface area contributed by atoms with Gasteiger partial charge in [-0.15, -0.1) is 8.78 Å². The molecule has 0 saturated heterocycles. The van der Waals surface area contributed by atoms with Crippen LogP contribution in [0.3, 0.4) is 0 Å². The van der Waals surface area contributed by atoms with Crippen molar-refractivity contribution in [2.45, 2.75) is 30.2 Å². The van der Waals surface area contributed by atoms with Crippen molar-refractivity contribution in [3.8, 4) is 11.5 Å². The largest absolute Gasteiger partial charge is 0.586 e. The van der Waals surface area contributed by atoms with E-state index < -0.39 is 23.3 Å². The van der Waals surface area contributed by atoms with Crippen molar-refractivity contribution in [3.63, 3.8) is 0 Å². The molecular weight excluding hydrogens is 470 g/mol. The Kier molecular flexibility index (Phi) is 4.63. The third-order valence-electron chi connectivity index (χ3n) is 6.86. The zero-order valence-electron chi connectivity index (χ0n) is 18.8. The first kappa shape index (κ1) is 22.1. The van der Waals surface area contributed by atoms with Crippen LogP contribution in [-0.4, -0.2) is 23.3 Å². The van der Waals surface area contributed by atoms with E-state index in [0.29, 0.717) is 24.0 Å². The summed E-state index contributed by atoms with van der Waals surface area (Å²) in [6.07, 6.45) is 0.998. The molecule has 1 aliphatic carbocycles. The number of fused-ring (bicyclic) bond motifs is 2.